The minimum Gasteiger partial charge on any atom is -0.454 e. The van der Waals surface area contributed by atoms with Gasteiger partial charge in [-0.1, -0.05) is 12.1 Å². The SMILES string of the molecule is Cc1ccc2c(c1)NC(=O)c1cc(-c3ccnc(N4CCC(O)C4)c3)ccc1O2. The zero-order valence-electron chi connectivity index (χ0n) is 16.1. The van der Waals surface area contributed by atoms with E-state index >= 15 is 0 Å². The van der Waals surface area contributed by atoms with Crippen molar-refractivity contribution < 1.29 is 14.6 Å². The second-order valence-electron chi connectivity index (χ2n) is 7.56. The Kier molecular flexibility index (Phi) is 4.21. The zero-order valence-corrected chi connectivity index (χ0v) is 16.1. The van der Waals surface area contributed by atoms with Gasteiger partial charge in [0.25, 0.3) is 5.91 Å². The summed E-state index contributed by atoms with van der Waals surface area (Å²) in [6.45, 7) is 3.35. The lowest BCUT2D eigenvalue weighted by atomic mass is 10.0. The summed E-state index contributed by atoms with van der Waals surface area (Å²) in [5.41, 5.74) is 4.09. The number of carbonyl (C=O) groups excluding carboxylic acids is 1. The average molecular weight is 387 g/mol. The smallest absolute Gasteiger partial charge is 0.259 e. The number of benzene rings is 2. The highest BCUT2D eigenvalue weighted by Gasteiger charge is 2.23. The topological polar surface area (TPSA) is 74.7 Å². The Hall–Kier alpha value is -3.38. The van der Waals surface area contributed by atoms with Crippen LogP contribution in [0.2, 0.25) is 0 Å². The van der Waals surface area contributed by atoms with E-state index in [0.717, 1.165) is 35.5 Å². The predicted octanol–water partition coefficient (Wildman–Crippen LogP) is 3.99. The molecule has 2 aliphatic heterocycles. The third-order valence-electron chi connectivity index (χ3n) is 5.39. The fourth-order valence-electron chi connectivity index (χ4n) is 3.84. The molecule has 0 aliphatic carbocycles. The first-order valence-corrected chi connectivity index (χ1v) is 9.70. The van der Waals surface area contributed by atoms with E-state index < -0.39 is 0 Å². The Balaban J connectivity index is 1.50. The van der Waals surface area contributed by atoms with Crippen molar-refractivity contribution in [3.63, 3.8) is 0 Å². The van der Waals surface area contributed by atoms with Crippen LogP contribution in [0.5, 0.6) is 11.5 Å². The number of aryl methyl sites for hydroxylation is 1. The number of ether oxygens (including phenoxy) is 1. The molecule has 1 unspecified atom stereocenters. The summed E-state index contributed by atoms with van der Waals surface area (Å²) in [5.74, 6) is 1.81. The van der Waals surface area contributed by atoms with E-state index in [1.807, 2.05) is 55.5 Å². The highest BCUT2D eigenvalue weighted by Crippen LogP contribution is 2.38. The molecule has 1 atom stereocenters. The summed E-state index contributed by atoms with van der Waals surface area (Å²) in [6, 6.07) is 15.3. The monoisotopic (exact) mass is 387 g/mol. The number of pyridine rings is 1. The lowest BCUT2D eigenvalue weighted by Crippen LogP contribution is -2.22. The van der Waals surface area contributed by atoms with E-state index in [1.54, 1.807) is 6.20 Å². The van der Waals surface area contributed by atoms with Gasteiger partial charge in [0.2, 0.25) is 0 Å². The minimum atomic E-state index is -0.306. The maximum atomic E-state index is 12.8. The van der Waals surface area contributed by atoms with Crippen molar-refractivity contribution in [2.24, 2.45) is 0 Å². The molecule has 2 aromatic carbocycles. The number of nitrogens with zero attached hydrogens (tertiary/aromatic N) is 2. The molecule has 2 N–H and O–H groups in total. The van der Waals surface area contributed by atoms with Crippen molar-refractivity contribution in [2.45, 2.75) is 19.4 Å². The van der Waals surface area contributed by atoms with Gasteiger partial charge in [-0.15, -0.1) is 0 Å². The van der Waals surface area contributed by atoms with Crippen LogP contribution < -0.4 is 15.0 Å². The van der Waals surface area contributed by atoms with Crippen LogP contribution in [0.1, 0.15) is 22.3 Å². The normalized spacial score (nSPS) is 17.8. The van der Waals surface area contributed by atoms with E-state index in [1.165, 1.54) is 0 Å². The molecule has 3 heterocycles. The number of aliphatic hydroxyl groups excluding tert-OH is 1. The first-order chi connectivity index (χ1) is 14.1. The fraction of sp³-hybridized carbons (Fsp3) is 0.217. The fourth-order valence-corrected chi connectivity index (χ4v) is 3.84. The molecule has 146 valence electrons. The van der Waals surface area contributed by atoms with E-state index in [-0.39, 0.29) is 12.0 Å². The molecule has 0 saturated carbocycles. The second kappa shape index (κ2) is 6.90. The van der Waals surface area contributed by atoms with Crippen LogP contribution in [0.25, 0.3) is 11.1 Å². The summed E-state index contributed by atoms with van der Waals surface area (Å²) in [7, 11) is 0. The Morgan fingerprint density at radius 3 is 2.76 bits per heavy atom. The van der Waals surface area contributed by atoms with Crippen LogP contribution in [0.15, 0.2) is 54.7 Å². The number of hydrogen-bond donors (Lipinski definition) is 2. The lowest BCUT2D eigenvalue weighted by molar-refractivity contribution is 0.102. The Bertz CT molecular complexity index is 1110. The van der Waals surface area contributed by atoms with Crippen molar-refractivity contribution >= 4 is 17.4 Å². The molecule has 3 aromatic rings. The van der Waals surface area contributed by atoms with Crippen LogP contribution in [-0.4, -0.2) is 35.2 Å². The summed E-state index contributed by atoms with van der Waals surface area (Å²) in [6.07, 6.45) is 2.21. The molecule has 6 heteroatoms. The number of anilines is 2. The number of aromatic nitrogens is 1. The van der Waals surface area contributed by atoms with Gasteiger partial charge in [0.15, 0.2) is 5.75 Å². The Morgan fingerprint density at radius 1 is 1.10 bits per heavy atom. The average Bonchev–Trinajstić information content (AvgIpc) is 3.11. The molecular weight excluding hydrogens is 366 g/mol. The Morgan fingerprint density at radius 2 is 1.93 bits per heavy atom. The van der Waals surface area contributed by atoms with Crippen LogP contribution >= 0.6 is 0 Å². The molecule has 0 spiro atoms. The number of amides is 1. The second-order valence-corrected chi connectivity index (χ2v) is 7.56. The molecule has 2 aliphatic rings. The van der Waals surface area contributed by atoms with Gasteiger partial charge in [0.1, 0.15) is 11.6 Å². The summed E-state index contributed by atoms with van der Waals surface area (Å²) < 4.78 is 6.00. The number of rotatable bonds is 2. The van der Waals surface area contributed by atoms with Gasteiger partial charge in [-0.05, 0) is 66.4 Å². The van der Waals surface area contributed by atoms with Gasteiger partial charge >= 0.3 is 0 Å². The number of fused-ring (bicyclic) bond motifs is 2. The largest absolute Gasteiger partial charge is 0.454 e. The number of hydrogen-bond acceptors (Lipinski definition) is 5. The molecule has 6 nitrogen and oxygen atoms in total. The van der Waals surface area contributed by atoms with Gasteiger partial charge in [-0.25, -0.2) is 4.98 Å². The van der Waals surface area contributed by atoms with Crippen molar-refractivity contribution in [1.29, 1.82) is 0 Å². The first-order valence-electron chi connectivity index (χ1n) is 9.70. The van der Waals surface area contributed by atoms with Gasteiger partial charge in [-0.3, -0.25) is 4.79 Å². The maximum Gasteiger partial charge on any atom is 0.259 e. The molecule has 29 heavy (non-hydrogen) atoms. The van der Waals surface area contributed by atoms with Crippen molar-refractivity contribution in [3.05, 3.63) is 65.9 Å². The van der Waals surface area contributed by atoms with Gasteiger partial charge < -0.3 is 20.1 Å². The summed E-state index contributed by atoms with van der Waals surface area (Å²) >= 11 is 0. The molecule has 1 amide bonds. The molecular formula is C23H21N3O3. The van der Waals surface area contributed by atoms with Crippen molar-refractivity contribution in [3.8, 4) is 22.6 Å². The quantitative estimate of drug-likeness (QED) is 0.696. The highest BCUT2D eigenvalue weighted by molar-refractivity contribution is 6.08. The molecule has 1 saturated heterocycles. The number of carbonyl (C=O) groups is 1. The molecule has 0 radical (unpaired) electrons. The Labute approximate surface area is 168 Å². The molecule has 5 rings (SSSR count). The maximum absolute atomic E-state index is 12.8. The molecule has 1 fully saturated rings. The summed E-state index contributed by atoms with van der Waals surface area (Å²) in [4.78, 5) is 19.4. The third kappa shape index (κ3) is 3.32. The van der Waals surface area contributed by atoms with E-state index in [9.17, 15) is 9.90 Å². The molecule has 0 bridgehead atoms. The van der Waals surface area contributed by atoms with Crippen LogP contribution in [-0.2, 0) is 0 Å². The van der Waals surface area contributed by atoms with Gasteiger partial charge in [0.05, 0.1) is 17.4 Å². The van der Waals surface area contributed by atoms with Gasteiger partial charge in [0, 0.05) is 19.3 Å². The van der Waals surface area contributed by atoms with Crippen molar-refractivity contribution in [1.82, 2.24) is 4.98 Å². The summed E-state index contributed by atoms with van der Waals surface area (Å²) in [5, 5.41) is 12.7. The van der Waals surface area contributed by atoms with Crippen LogP contribution in [0.4, 0.5) is 11.5 Å². The van der Waals surface area contributed by atoms with E-state index in [4.69, 9.17) is 4.74 Å². The van der Waals surface area contributed by atoms with Crippen LogP contribution in [0, 0.1) is 6.92 Å². The predicted molar refractivity (Wildman–Crippen MR) is 112 cm³/mol. The molecule has 1 aromatic heterocycles. The number of aliphatic hydroxyl groups is 1. The van der Waals surface area contributed by atoms with Crippen LogP contribution in [0.3, 0.4) is 0 Å². The number of nitrogens with one attached hydrogen (secondary N) is 1. The van der Waals surface area contributed by atoms with E-state index in [0.29, 0.717) is 29.3 Å². The van der Waals surface area contributed by atoms with Crippen molar-refractivity contribution in [2.75, 3.05) is 23.3 Å². The minimum absolute atomic E-state index is 0.192. The van der Waals surface area contributed by atoms with E-state index in [2.05, 4.69) is 15.2 Å². The zero-order chi connectivity index (χ0) is 20.0. The first kappa shape index (κ1) is 17.7. The standard InChI is InChI=1S/C23H21N3O3/c1-14-2-4-21-19(10-14)25-23(28)18-11-15(3-5-20(18)29-21)16-6-8-24-22(12-16)26-9-7-17(27)13-26/h2-6,8,10-12,17,27H,7,9,13H2,1H3,(H,25,28). The highest BCUT2D eigenvalue weighted by atomic mass is 16.5. The lowest BCUT2D eigenvalue weighted by Gasteiger charge is -2.17. The number of β-amino-alcohol motifs (C(OH)–C–C–N with tert-alkyl or cyclic N) is 1. The third-order valence-corrected chi connectivity index (χ3v) is 5.39. The van der Waals surface area contributed by atoms with Gasteiger partial charge in [-0.2, -0.15) is 0 Å².